The number of ether oxygens (including phenoxy) is 2. The molecule has 1 aliphatic heterocycles. The summed E-state index contributed by atoms with van der Waals surface area (Å²) in [5, 5.41) is 3.17. The van der Waals surface area contributed by atoms with E-state index in [9.17, 15) is 8.42 Å². The number of nitrogens with one attached hydrogen (secondary N) is 1. The highest BCUT2D eigenvalue weighted by molar-refractivity contribution is 9.10. The van der Waals surface area contributed by atoms with Crippen molar-refractivity contribution >= 4 is 26.0 Å². The fourth-order valence-corrected chi connectivity index (χ4v) is 4.71. The van der Waals surface area contributed by atoms with Gasteiger partial charge in [-0.2, -0.15) is 4.31 Å². The van der Waals surface area contributed by atoms with Gasteiger partial charge >= 0.3 is 0 Å². The van der Waals surface area contributed by atoms with Crippen LogP contribution in [-0.4, -0.2) is 53.1 Å². The van der Waals surface area contributed by atoms with E-state index in [1.165, 1.54) is 24.6 Å². The fraction of sp³-hybridized carbons (Fsp3) is 0.538. The average molecular weight is 379 g/mol. The van der Waals surface area contributed by atoms with Gasteiger partial charge in [0.2, 0.25) is 10.0 Å². The molecule has 8 heteroatoms. The minimum absolute atomic E-state index is 0.0324. The summed E-state index contributed by atoms with van der Waals surface area (Å²) in [7, 11) is 0.995. The Morgan fingerprint density at radius 1 is 1.29 bits per heavy atom. The van der Waals surface area contributed by atoms with Crippen LogP contribution < -0.4 is 14.8 Å². The van der Waals surface area contributed by atoms with E-state index in [1.54, 1.807) is 13.1 Å². The lowest BCUT2D eigenvalue weighted by molar-refractivity contribution is 0.352. The molecule has 0 unspecified atom stereocenters. The first kappa shape index (κ1) is 16.5. The van der Waals surface area contributed by atoms with Gasteiger partial charge in [0.1, 0.15) is 4.90 Å². The van der Waals surface area contributed by atoms with Crippen molar-refractivity contribution in [2.24, 2.45) is 0 Å². The molecular weight excluding hydrogens is 360 g/mol. The van der Waals surface area contributed by atoms with Crippen molar-refractivity contribution in [2.45, 2.75) is 17.4 Å². The first-order chi connectivity index (χ1) is 9.91. The van der Waals surface area contributed by atoms with Crippen LogP contribution in [0.1, 0.15) is 6.42 Å². The molecule has 0 aliphatic carbocycles. The first-order valence-electron chi connectivity index (χ1n) is 6.52. The Hall–Kier alpha value is -0.830. The number of sulfonamides is 1. The van der Waals surface area contributed by atoms with Gasteiger partial charge in [-0.25, -0.2) is 8.42 Å². The van der Waals surface area contributed by atoms with E-state index < -0.39 is 10.0 Å². The Morgan fingerprint density at radius 3 is 2.43 bits per heavy atom. The summed E-state index contributed by atoms with van der Waals surface area (Å²) in [5.41, 5.74) is 0. The van der Waals surface area contributed by atoms with Crippen LogP contribution in [0.4, 0.5) is 0 Å². The summed E-state index contributed by atoms with van der Waals surface area (Å²) in [6.07, 6.45) is 0.806. The summed E-state index contributed by atoms with van der Waals surface area (Å²) < 4.78 is 37.8. The van der Waals surface area contributed by atoms with Crippen LogP contribution in [0.2, 0.25) is 0 Å². The fourth-order valence-electron chi connectivity index (χ4n) is 2.33. The number of nitrogens with zero attached hydrogens (tertiary/aromatic N) is 1. The molecule has 0 saturated carbocycles. The van der Waals surface area contributed by atoms with E-state index in [1.807, 2.05) is 0 Å². The number of benzene rings is 1. The average Bonchev–Trinajstić information content (AvgIpc) is 2.99. The normalized spacial score (nSPS) is 19.0. The third-order valence-electron chi connectivity index (χ3n) is 3.64. The first-order valence-corrected chi connectivity index (χ1v) is 8.75. The maximum absolute atomic E-state index is 12.8. The lowest BCUT2D eigenvalue weighted by atomic mass is 10.3. The molecule has 1 saturated heterocycles. The lowest BCUT2D eigenvalue weighted by Crippen LogP contribution is -2.38. The number of hydrogen-bond donors (Lipinski definition) is 1. The molecule has 6 nitrogen and oxygen atoms in total. The summed E-state index contributed by atoms with van der Waals surface area (Å²) in [6, 6.07) is 3.05. The van der Waals surface area contributed by atoms with Crippen molar-refractivity contribution in [2.75, 3.05) is 34.4 Å². The zero-order chi connectivity index (χ0) is 15.6. The van der Waals surface area contributed by atoms with Crippen LogP contribution in [-0.2, 0) is 10.0 Å². The van der Waals surface area contributed by atoms with Crippen LogP contribution in [0.25, 0.3) is 0 Å². The van der Waals surface area contributed by atoms with E-state index in [4.69, 9.17) is 9.47 Å². The van der Waals surface area contributed by atoms with Crippen molar-refractivity contribution in [1.82, 2.24) is 9.62 Å². The Kier molecular flexibility index (Phi) is 5.13. The molecule has 0 radical (unpaired) electrons. The van der Waals surface area contributed by atoms with E-state index >= 15 is 0 Å². The van der Waals surface area contributed by atoms with Gasteiger partial charge < -0.3 is 14.8 Å². The van der Waals surface area contributed by atoms with Crippen LogP contribution in [0.15, 0.2) is 21.5 Å². The largest absolute Gasteiger partial charge is 0.493 e. The third-order valence-corrected chi connectivity index (χ3v) is 6.51. The van der Waals surface area contributed by atoms with Gasteiger partial charge in [-0.3, -0.25) is 0 Å². The topological polar surface area (TPSA) is 67.9 Å². The van der Waals surface area contributed by atoms with Crippen molar-refractivity contribution < 1.29 is 17.9 Å². The molecule has 2 rings (SSSR count). The van der Waals surface area contributed by atoms with Crippen LogP contribution >= 0.6 is 15.9 Å². The Bertz CT molecular complexity index is 615. The van der Waals surface area contributed by atoms with E-state index in [0.717, 1.165) is 13.0 Å². The van der Waals surface area contributed by atoms with Crippen LogP contribution in [0, 0.1) is 0 Å². The minimum Gasteiger partial charge on any atom is -0.493 e. The van der Waals surface area contributed by atoms with Crippen molar-refractivity contribution in [3.05, 3.63) is 16.6 Å². The van der Waals surface area contributed by atoms with Gasteiger partial charge in [0.05, 0.1) is 14.2 Å². The van der Waals surface area contributed by atoms with Gasteiger partial charge in [-0.05, 0) is 35.0 Å². The van der Waals surface area contributed by atoms with Gasteiger partial charge in [-0.1, -0.05) is 0 Å². The molecule has 0 bridgehead atoms. The number of halogens is 1. The van der Waals surface area contributed by atoms with Gasteiger partial charge in [0, 0.05) is 30.2 Å². The SMILES string of the molecule is COc1cc(Br)c(S(=O)(=O)N(C)[C@H]2CCNC2)cc1OC. The molecule has 1 heterocycles. The molecule has 1 atom stereocenters. The number of methoxy groups -OCH3 is 2. The highest BCUT2D eigenvalue weighted by atomic mass is 79.9. The predicted octanol–water partition coefficient (Wildman–Crippen LogP) is 1.45. The molecule has 0 spiro atoms. The minimum atomic E-state index is -3.60. The zero-order valence-electron chi connectivity index (χ0n) is 12.2. The Morgan fingerprint density at radius 2 is 1.90 bits per heavy atom. The molecule has 1 fully saturated rings. The molecule has 1 aromatic carbocycles. The van der Waals surface area contributed by atoms with Crippen molar-refractivity contribution in [3.63, 3.8) is 0 Å². The zero-order valence-corrected chi connectivity index (χ0v) is 14.6. The molecule has 0 aromatic heterocycles. The molecule has 1 aromatic rings. The van der Waals surface area contributed by atoms with Crippen LogP contribution in [0.5, 0.6) is 11.5 Å². The van der Waals surface area contributed by atoms with Gasteiger partial charge in [0.15, 0.2) is 11.5 Å². The quantitative estimate of drug-likeness (QED) is 0.839. The Balaban J connectivity index is 2.44. The standard InChI is InChI=1S/C13H19BrN2O4S/c1-16(9-4-5-15-8-9)21(17,18)13-7-12(20-3)11(19-2)6-10(13)14/h6-7,9,15H,4-5,8H2,1-3H3/t9-/m0/s1. The molecule has 118 valence electrons. The third kappa shape index (κ3) is 3.18. The molecule has 1 N–H and O–H groups in total. The lowest BCUT2D eigenvalue weighted by Gasteiger charge is -2.24. The number of likely N-dealkylation sites (N-methyl/N-ethyl adjacent to an activating group) is 1. The molecular formula is C13H19BrN2O4S. The molecule has 0 amide bonds. The van der Waals surface area contributed by atoms with E-state index in [2.05, 4.69) is 21.2 Å². The highest BCUT2D eigenvalue weighted by Gasteiger charge is 2.32. The van der Waals surface area contributed by atoms with Crippen LogP contribution in [0.3, 0.4) is 0 Å². The highest BCUT2D eigenvalue weighted by Crippen LogP contribution is 2.37. The summed E-state index contributed by atoms with van der Waals surface area (Å²) in [6.45, 7) is 1.50. The molecule has 1 aliphatic rings. The number of hydrogen-bond acceptors (Lipinski definition) is 5. The van der Waals surface area contributed by atoms with Crippen molar-refractivity contribution in [1.29, 1.82) is 0 Å². The van der Waals surface area contributed by atoms with Gasteiger partial charge in [0.25, 0.3) is 0 Å². The smallest absolute Gasteiger partial charge is 0.244 e. The summed E-state index contributed by atoms with van der Waals surface area (Å²) in [4.78, 5) is 0.176. The summed E-state index contributed by atoms with van der Waals surface area (Å²) in [5.74, 6) is 0.866. The van der Waals surface area contributed by atoms with Crippen molar-refractivity contribution in [3.8, 4) is 11.5 Å². The second-order valence-electron chi connectivity index (χ2n) is 4.81. The predicted molar refractivity (Wildman–Crippen MR) is 83.5 cm³/mol. The second kappa shape index (κ2) is 6.51. The van der Waals surface area contributed by atoms with E-state index in [0.29, 0.717) is 22.5 Å². The monoisotopic (exact) mass is 378 g/mol. The van der Waals surface area contributed by atoms with E-state index in [-0.39, 0.29) is 10.9 Å². The molecule has 21 heavy (non-hydrogen) atoms. The maximum atomic E-state index is 12.8. The Labute approximate surface area is 133 Å². The maximum Gasteiger partial charge on any atom is 0.244 e. The number of rotatable bonds is 5. The van der Waals surface area contributed by atoms with Gasteiger partial charge in [-0.15, -0.1) is 0 Å². The summed E-state index contributed by atoms with van der Waals surface area (Å²) >= 11 is 3.31. The second-order valence-corrected chi connectivity index (χ2v) is 7.63.